The molecule has 0 radical (unpaired) electrons. The van der Waals surface area contributed by atoms with Crippen LogP contribution in [0.5, 0.6) is 0 Å². The van der Waals surface area contributed by atoms with Crippen molar-refractivity contribution in [2.24, 2.45) is 0 Å². The SMILES string of the molecule is CC/C=C/C/C=C/C/C=C/C/C=C/C/C=C/CCCCCCCCC(=O)OCC(COCCC(C(=O)[O-])[N+](C)(C)C)OC(=O)CCC/C=C/CCCCCC. The molecular weight excluding hydrogens is 691 g/mol. The Balaban J connectivity index is 4.30. The van der Waals surface area contributed by atoms with Gasteiger partial charge in [0.05, 0.1) is 40.3 Å². The highest BCUT2D eigenvalue weighted by molar-refractivity contribution is 5.70. The maximum Gasteiger partial charge on any atom is 0.306 e. The monoisotopic (exact) mass is 770 g/mol. The summed E-state index contributed by atoms with van der Waals surface area (Å²) in [7, 11) is 5.38. The minimum absolute atomic E-state index is 0.0210. The normalized spacial score (nSPS) is 13.7. The van der Waals surface area contributed by atoms with Gasteiger partial charge >= 0.3 is 11.9 Å². The quantitative estimate of drug-likeness (QED) is 0.0268. The van der Waals surface area contributed by atoms with Crippen molar-refractivity contribution >= 4 is 17.9 Å². The third kappa shape index (κ3) is 36.2. The van der Waals surface area contributed by atoms with Gasteiger partial charge in [-0.3, -0.25) is 9.59 Å². The number of unbranched alkanes of at least 4 members (excludes halogenated alkanes) is 11. The van der Waals surface area contributed by atoms with Gasteiger partial charge in [-0.25, -0.2) is 0 Å². The van der Waals surface area contributed by atoms with Gasteiger partial charge in [0.25, 0.3) is 0 Å². The zero-order valence-corrected chi connectivity index (χ0v) is 35.6. The highest BCUT2D eigenvalue weighted by atomic mass is 16.6. The second-order valence-electron chi connectivity index (χ2n) is 15.2. The third-order valence-electron chi connectivity index (χ3n) is 9.08. The van der Waals surface area contributed by atoms with Crippen molar-refractivity contribution in [2.45, 2.75) is 167 Å². The summed E-state index contributed by atoms with van der Waals surface area (Å²) < 4.78 is 17.1. The fourth-order valence-corrected chi connectivity index (χ4v) is 5.75. The van der Waals surface area contributed by atoms with Gasteiger partial charge in [-0.1, -0.05) is 132 Å². The van der Waals surface area contributed by atoms with Crippen molar-refractivity contribution in [3.63, 3.8) is 0 Å². The number of hydrogen-bond acceptors (Lipinski definition) is 7. The maximum absolute atomic E-state index is 12.6. The van der Waals surface area contributed by atoms with Crippen molar-refractivity contribution in [1.29, 1.82) is 0 Å². The van der Waals surface area contributed by atoms with E-state index < -0.39 is 18.1 Å². The average Bonchev–Trinajstić information content (AvgIpc) is 3.14. The van der Waals surface area contributed by atoms with E-state index in [4.69, 9.17) is 14.2 Å². The number of carboxylic acids is 1. The fourth-order valence-electron chi connectivity index (χ4n) is 5.75. The summed E-state index contributed by atoms with van der Waals surface area (Å²) in [5.41, 5.74) is 0. The van der Waals surface area contributed by atoms with Gasteiger partial charge in [0.2, 0.25) is 0 Å². The van der Waals surface area contributed by atoms with Crippen LogP contribution in [-0.4, -0.2) is 75.5 Å². The van der Waals surface area contributed by atoms with E-state index in [-0.39, 0.29) is 49.1 Å². The smallest absolute Gasteiger partial charge is 0.306 e. The predicted molar refractivity (Wildman–Crippen MR) is 226 cm³/mol. The average molecular weight is 770 g/mol. The first-order valence-corrected chi connectivity index (χ1v) is 21.5. The number of carbonyl (C=O) groups is 3. The van der Waals surface area contributed by atoms with Crippen LogP contribution in [0.25, 0.3) is 0 Å². The van der Waals surface area contributed by atoms with Crippen LogP contribution in [0.1, 0.15) is 155 Å². The molecule has 8 nitrogen and oxygen atoms in total. The molecule has 0 aliphatic rings. The highest BCUT2D eigenvalue weighted by Gasteiger charge is 2.25. The Morgan fingerprint density at radius 1 is 0.564 bits per heavy atom. The molecule has 2 unspecified atom stereocenters. The molecule has 8 heteroatoms. The largest absolute Gasteiger partial charge is 0.544 e. The van der Waals surface area contributed by atoms with E-state index in [2.05, 4.69) is 86.8 Å². The molecule has 0 saturated heterocycles. The fraction of sp³-hybridized carbons (Fsp3) is 0.681. The van der Waals surface area contributed by atoms with Crippen molar-refractivity contribution in [1.82, 2.24) is 0 Å². The summed E-state index contributed by atoms with van der Waals surface area (Å²) >= 11 is 0. The number of rotatable bonds is 37. The number of carbonyl (C=O) groups excluding carboxylic acids is 3. The van der Waals surface area contributed by atoms with E-state index in [9.17, 15) is 19.5 Å². The summed E-state index contributed by atoms with van der Waals surface area (Å²) in [5, 5.41) is 11.6. The van der Waals surface area contributed by atoms with Crippen LogP contribution >= 0.6 is 0 Å². The number of esters is 2. The summed E-state index contributed by atoms with van der Waals surface area (Å²) in [5.74, 6) is -1.81. The van der Waals surface area contributed by atoms with Gasteiger partial charge in [-0.05, 0) is 77.0 Å². The van der Waals surface area contributed by atoms with E-state index >= 15 is 0 Å². The van der Waals surface area contributed by atoms with Crippen LogP contribution in [0.15, 0.2) is 72.9 Å². The van der Waals surface area contributed by atoms with E-state index in [1.807, 2.05) is 0 Å². The number of hydrogen-bond donors (Lipinski definition) is 0. The van der Waals surface area contributed by atoms with Crippen LogP contribution in [0.4, 0.5) is 0 Å². The third-order valence-corrected chi connectivity index (χ3v) is 9.08. The zero-order chi connectivity index (χ0) is 40.7. The summed E-state index contributed by atoms with van der Waals surface area (Å²) in [4.78, 5) is 36.7. The molecule has 55 heavy (non-hydrogen) atoms. The van der Waals surface area contributed by atoms with E-state index in [1.165, 1.54) is 38.5 Å². The highest BCUT2D eigenvalue weighted by Crippen LogP contribution is 2.12. The molecule has 0 amide bonds. The van der Waals surface area contributed by atoms with Crippen LogP contribution in [0.3, 0.4) is 0 Å². The molecule has 0 aromatic rings. The number of quaternary nitrogens is 1. The number of ether oxygens (including phenoxy) is 3. The van der Waals surface area contributed by atoms with Crippen LogP contribution in [0.2, 0.25) is 0 Å². The first kappa shape index (κ1) is 51.8. The number of aliphatic carboxylic acids is 1. The first-order chi connectivity index (χ1) is 26.6. The molecule has 0 heterocycles. The van der Waals surface area contributed by atoms with Crippen LogP contribution in [0, 0.1) is 0 Å². The Morgan fingerprint density at radius 2 is 1.04 bits per heavy atom. The molecule has 314 valence electrons. The molecule has 0 N–H and O–H groups in total. The Morgan fingerprint density at radius 3 is 1.58 bits per heavy atom. The first-order valence-electron chi connectivity index (χ1n) is 21.5. The Hall–Kier alpha value is -3.23. The maximum atomic E-state index is 12.6. The van der Waals surface area contributed by atoms with Crippen molar-refractivity contribution in [3.8, 4) is 0 Å². The minimum Gasteiger partial charge on any atom is -0.544 e. The van der Waals surface area contributed by atoms with Crippen molar-refractivity contribution in [2.75, 3.05) is 41.0 Å². The van der Waals surface area contributed by atoms with Gasteiger partial charge < -0.3 is 28.6 Å². The Kier molecular flexibility index (Phi) is 35.5. The lowest BCUT2D eigenvalue weighted by atomic mass is 10.1. The van der Waals surface area contributed by atoms with E-state index in [1.54, 1.807) is 21.1 Å². The van der Waals surface area contributed by atoms with Crippen molar-refractivity contribution in [3.05, 3.63) is 72.9 Å². The van der Waals surface area contributed by atoms with E-state index in [0.29, 0.717) is 12.8 Å². The zero-order valence-electron chi connectivity index (χ0n) is 35.6. The molecule has 0 aromatic heterocycles. The lowest BCUT2D eigenvalue weighted by Crippen LogP contribution is -2.55. The molecule has 0 aromatic carbocycles. The second-order valence-corrected chi connectivity index (χ2v) is 15.2. The molecule has 0 fully saturated rings. The van der Waals surface area contributed by atoms with Gasteiger partial charge in [-0.15, -0.1) is 0 Å². The van der Waals surface area contributed by atoms with Gasteiger partial charge in [0.1, 0.15) is 12.6 Å². The van der Waals surface area contributed by atoms with E-state index in [0.717, 1.165) is 77.0 Å². The molecule has 0 spiro atoms. The van der Waals surface area contributed by atoms with Gasteiger partial charge in [-0.2, -0.15) is 0 Å². The molecule has 0 aliphatic heterocycles. The number of allylic oxidation sites excluding steroid dienone is 12. The lowest BCUT2D eigenvalue weighted by Gasteiger charge is -2.34. The molecule has 2 atom stereocenters. The standard InChI is InChI=1S/C47H79NO7/c1-6-8-10-12-14-16-17-18-19-20-21-22-23-24-25-26-27-28-30-31-33-35-37-45(49)54-42-43(41-53-40-39-44(47(51)52)48(3,4)5)55-46(50)38-36-34-32-29-15-13-11-9-7-2/h8,10,14,16,18-19,21-22,24-25,29,32,43-44H,6-7,9,11-13,15,17,20,23,26-28,30-31,33-42H2,1-5H3/b10-8+,16-14+,19-18+,22-21+,25-24+,32-29+. The molecule has 0 bridgehead atoms. The predicted octanol–water partition coefficient (Wildman–Crippen LogP) is 10.2. The number of carboxylic acid groups (broad SMARTS) is 1. The summed E-state index contributed by atoms with van der Waals surface area (Å²) in [6.45, 7) is 4.44. The van der Waals surface area contributed by atoms with Gasteiger partial charge in [0, 0.05) is 19.3 Å². The number of nitrogens with zero attached hydrogens (tertiary/aromatic N) is 1. The Labute approximate surface area is 336 Å². The van der Waals surface area contributed by atoms with Crippen LogP contribution < -0.4 is 5.11 Å². The topological polar surface area (TPSA) is 102 Å². The molecular formula is C47H79NO7. The lowest BCUT2D eigenvalue weighted by molar-refractivity contribution is -0.889. The molecule has 0 rings (SSSR count). The Bertz CT molecular complexity index is 1130. The molecule has 0 saturated carbocycles. The van der Waals surface area contributed by atoms with Crippen LogP contribution in [-0.2, 0) is 28.6 Å². The molecule has 0 aliphatic carbocycles. The number of likely N-dealkylation sites (N-methyl/N-ethyl adjacent to an activating group) is 1. The summed E-state index contributed by atoms with van der Waals surface area (Å²) in [6.07, 6.45) is 46.6. The second kappa shape index (κ2) is 37.7. The summed E-state index contributed by atoms with van der Waals surface area (Å²) in [6, 6.07) is -0.734. The van der Waals surface area contributed by atoms with Crippen molar-refractivity contribution < 1.29 is 38.2 Å². The van der Waals surface area contributed by atoms with Gasteiger partial charge in [0.15, 0.2) is 6.10 Å². The minimum atomic E-state index is -1.13.